The maximum Gasteiger partial charge on any atom is 0.154 e. The number of benzene rings is 2. The third kappa shape index (κ3) is 1.44. The summed E-state index contributed by atoms with van der Waals surface area (Å²) in [7, 11) is 0. The largest absolute Gasteiger partial charge is 0.385 e. The van der Waals surface area contributed by atoms with E-state index in [4.69, 9.17) is 11.9 Å². The molecule has 2 nitrogen and oxygen atoms in total. The predicted molar refractivity (Wildman–Crippen MR) is 55.8 cm³/mol. The quantitative estimate of drug-likeness (QED) is 0.706. The highest BCUT2D eigenvalue weighted by molar-refractivity contribution is 6.10. The van der Waals surface area contributed by atoms with Crippen molar-refractivity contribution in [1.29, 1.82) is 0 Å². The van der Waals surface area contributed by atoms with Gasteiger partial charge in [-0.25, -0.2) is 0 Å². The first-order valence-electron chi connectivity index (χ1n) is 4.11. The normalized spacial score (nSPS) is 10.1. The van der Waals surface area contributed by atoms with Gasteiger partial charge in [0.25, 0.3) is 0 Å². The van der Waals surface area contributed by atoms with Gasteiger partial charge in [-0.2, -0.15) is 0 Å². The van der Waals surface area contributed by atoms with Crippen LogP contribution in [0.25, 0.3) is 10.8 Å². The molecule has 0 heterocycles. The topological polar surface area (TPSA) is 26.3 Å². The van der Waals surface area contributed by atoms with Gasteiger partial charge in [0.1, 0.15) is 18.2 Å². The molecule has 2 aromatic carbocycles. The molecule has 0 bridgehead atoms. The van der Waals surface area contributed by atoms with Gasteiger partial charge in [0.2, 0.25) is 0 Å². The van der Waals surface area contributed by atoms with E-state index in [2.05, 4.69) is 4.29 Å². The average molecular weight is 207 g/mol. The number of carbonyl (C=O) groups is 1. The molecule has 0 unspecified atom stereocenters. The van der Waals surface area contributed by atoms with Gasteiger partial charge in [-0.05, 0) is 17.5 Å². The highest BCUT2D eigenvalue weighted by atomic mass is 35.5. The lowest BCUT2D eigenvalue weighted by molar-refractivity contribution is 0.112. The molecule has 0 aliphatic heterocycles. The van der Waals surface area contributed by atoms with E-state index in [-0.39, 0.29) is 0 Å². The molecule has 0 N–H and O–H groups in total. The van der Waals surface area contributed by atoms with Gasteiger partial charge in [0.15, 0.2) is 5.75 Å². The van der Waals surface area contributed by atoms with E-state index in [9.17, 15) is 4.79 Å². The van der Waals surface area contributed by atoms with Gasteiger partial charge in [-0.15, -0.1) is 0 Å². The zero-order valence-electron chi connectivity index (χ0n) is 7.24. The van der Waals surface area contributed by atoms with E-state index < -0.39 is 0 Å². The molecule has 0 amide bonds. The summed E-state index contributed by atoms with van der Waals surface area (Å²) >= 11 is 5.32. The maximum atomic E-state index is 10.6. The van der Waals surface area contributed by atoms with Gasteiger partial charge in [0.05, 0.1) is 0 Å². The monoisotopic (exact) mass is 206 g/mol. The van der Waals surface area contributed by atoms with Crippen molar-refractivity contribution in [3.63, 3.8) is 0 Å². The SMILES string of the molecule is O=Cc1cc(OCl)c2ccccc2c1. The van der Waals surface area contributed by atoms with Crippen LogP contribution < -0.4 is 4.29 Å². The summed E-state index contributed by atoms with van der Waals surface area (Å²) < 4.78 is 4.68. The molecule has 0 radical (unpaired) electrons. The van der Waals surface area contributed by atoms with Crippen molar-refractivity contribution in [2.75, 3.05) is 0 Å². The van der Waals surface area contributed by atoms with E-state index in [0.717, 1.165) is 17.1 Å². The minimum atomic E-state index is 0.506. The lowest BCUT2D eigenvalue weighted by Crippen LogP contribution is -1.84. The minimum Gasteiger partial charge on any atom is -0.385 e. The summed E-state index contributed by atoms with van der Waals surface area (Å²) in [5.74, 6) is 0.506. The van der Waals surface area contributed by atoms with E-state index in [1.807, 2.05) is 24.3 Å². The number of fused-ring (bicyclic) bond motifs is 1. The number of halogens is 1. The van der Waals surface area contributed by atoms with Crippen LogP contribution >= 0.6 is 11.9 Å². The molecule has 14 heavy (non-hydrogen) atoms. The maximum absolute atomic E-state index is 10.6. The Morgan fingerprint density at radius 1 is 1.21 bits per heavy atom. The summed E-state index contributed by atoms with van der Waals surface area (Å²) in [5.41, 5.74) is 0.555. The summed E-state index contributed by atoms with van der Waals surface area (Å²) in [4.78, 5) is 10.6. The van der Waals surface area contributed by atoms with E-state index in [0.29, 0.717) is 11.3 Å². The Balaban J connectivity index is 2.79. The Hall–Kier alpha value is -1.54. The molecule has 3 heteroatoms. The van der Waals surface area contributed by atoms with Crippen molar-refractivity contribution >= 4 is 28.9 Å². The van der Waals surface area contributed by atoms with Gasteiger partial charge in [-0.1, -0.05) is 24.3 Å². The lowest BCUT2D eigenvalue weighted by Gasteiger charge is -2.03. The molecule has 0 spiro atoms. The second kappa shape index (κ2) is 3.68. The highest BCUT2D eigenvalue weighted by Gasteiger charge is 2.03. The Morgan fingerprint density at radius 3 is 2.71 bits per heavy atom. The van der Waals surface area contributed by atoms with Crippen molar-refractivity contribution in [3.05, 3.63) is 42.0 Å². The predicted octanol–water partition coefficient (Wildman–Crippen LogP) is 3.18. The first-order valence-corrected chi connectivity index (χ1v) is 4.42. The average Bonchev–Trinajstić information content (AvgIpc) is 2.27. The number of aldehydes is 1. The molecule has 0 atom stereocenters. The molecule has 70 valence electrons. The molecule has 0 saturated heterocycles. The van der Waals surface area contributed by atoms with Crippen LogP contribution in [0, 0.1) is 0 Å². The number of rotatable bonds is 2. The van der Waals surface area contributed by atoms with E-state index in [1.54, 1.807) is 12.1 Å². The van der Waals surface area contributed by atoms with Crippen LogP contribution in [-0.4, -0.2) is 6.29 Å². The molecule has 2 aromatic rings. The van der Waals surface area contributed by atoms with Crippen LogP contribution in [0.3, 0.4) is 0 Å². The summed E-state index contributed by atoms with van der Waals surface area (Å²) in [5, 5.41) is 1.83. The van der Waals surface area contributed by atoms with Crippen LogP contribution in [-0.2, 0) is 0 Å². The molecule has 0 saturated carbocycles. The van der Waals surface area contributed by atoms with Gasteiger partial charge < -0.3 is 4.29 Å². The summed E-state index contributed by atoms with van der Waals surface area (Å²) in [6.07, 6.45) is 0.770. The molecular formula is C11H7ClO2. The second-order valence-electron chi connectivity index (χ2n) is 2.94. The van der Waals surface area contributed by atoms with Crippen LogP contribution in [0.4, 0.5) is 0 Å². The first-order chi connectivity index (χ1) is 6.85. The van der Waals surface area contributed by atoms with Gasteiger partial charge in [0, 0.05) is 10.9 Å². The van der Waals surface area contributed by atoms with Gasteiger partial charge in [-0.3, -0.25) is 4.79 Å². The smallest absolute Gasteiger partial charge is 0.154 e. The van der Waals surface area contributed by atoms with Crippen LogP contribution in [0.15, 0.2) is 36.4 Å². The van der Waals surface area contributed by atoms with E-state index in [1.165, 1.54) is 0 Å². The fraction of sp³-hybridized carbons (Fsp3) is 0. The summed E-state index contributed by atoms with van der Waals surface area (Å²) in [6, 6.07) is 11.0. The van der Waals surface area contributed by atoms with Crippen molar-refractivity contribution in [2.45, 2.75) is 0 Å². The van der Waals surface area contributed by atoms with Crippen LogP contribution in [0.1, 0.15) is 10.4 Å². The van der Waals surface area contributed by atoms with Crippen molar-refractivity contribution in [1.82, 2.24) is 0 Å². The molecule has 0 aliphatic carbocycles. The third-order valence-electron chi connectivity index (χ3n) is 2.07. The molecule has 0 fully saturated rings. The number of hydrogen-bond acceptors (Lipinski definition) is 2. The Bertz CT molecular complexity index is 480. The third-order valence-corrected chi connectivity index (χ3v) is 2.23. The number of hydrogen-bond donors (Lipinski definition) is 0. The summed E-state index contributed by atoms with van der Waals surface area (Å²) in [6.45, 7) is 0. The fourth-order valence-electron chi connectivity index (χ4n) is 1.43. The Kier molecular flexibility index (Phi) is 2.37. The molecule has 0 aromatic heterocycles. The van der Waals surface area contributed by atoms with Crippen molar-refractivity contribution in [2.24, 2.45) is 0 Å². The Labute approximate surface area is 86.2 Å². The van der Waals surface area contributed by atoms with Crippen LogP contribution in [0.5, 0.6) is 5.75 Å². The zero-order chi connectivity index (χ0) is 9.97. The molecular weight excluding hydrogens is 200 g/mol. The van der Waals surface area contributed by atoms with Crippen LogP contribution in [0.2, 0.25) is 0 Å². The first kappa shape index (κ1) is 9.03. The fourth-order valence-corrected chi connectivity index (χ4v) is 1.56. The minimum absolute atomic E-state index is 0.506. The Morgan fingerprint density at radius 2 is 2.00 bits per heavy atom. The van der Waals surface area contributed by atoms with E-state index >= 15 is 0 Å². The van der Waals surface area contributed by atoms with Crippen molar-refractivity contribution < 1.29 is 9.08 Å². The second-order valence-corrected chi connectivity index (χ2v) is 3.09. The zero-order valence-corrected chi connectivity index (χ0v) is 7.99. The van der Waals surface area contributed by atoms with Gasteiger partial charge >= 0.3 is 0 Å². The van der Waals surface area contributed by atoms with Crippen molar-refractivity contribution in [3.8, 4) is 5.75 Å². The standard InChI is InChI=1S/C11H7ClO2/c12-14-11-6-8(7-13)5-9-3-1-2-4-10(9)11/h1-7H. The lowest BCUT2D eigenvalue weighted by atomic mass is 10.1. The highest BCUT2D eigenvalue weighted by Crippen LogP contribution is 2.27. The molecule has 2 rings (SSSR count). The number of carbonyl (C=O) groups excluding carboxylic acids is 1. The molecule has 0 aliphatic rings.